The average Bonchev–Trinajstić information content (AvgIpc) is 3.17. The predicted molar refractivity (Wildman–Crippen MR) is 113 cm³/mol. The highest BCUT2D eigenvalue weighted by Crippen LogP contribution is 2.34. The molecule has 30 heavy (non-hydrogen) atoms. The molecule has 1 aliphatic rings. The van der Waals surface area contributed by atoms with Crippen molar-refractivity contribution in [3.63, 3.8) is 0 Å². The molecule has 0 aliphatic carbocycles. The quantitative estimate of drug-likeness (QED) is 0.447. The Balaban J connectivity index is 1.51. The highest BCUT2D eigenvalue weighted by atomic mass is 19.4. The normalized spacial score (nSPS) is 16.4. The van der Waals surface area contributed by atoms with Gasteiger partial charge in [0.1, 0.15) is 5.75 Å². The minimum atomic E-state index is -4.68. The van der Waals surface area contributed by atoms with Crippen LogP contribution in [0.5, 0.6) is 5.75 Å². The van der Waals surface area contributed by atoms with Crippen LogP contribution < -0.4 is 4.74 Å². The second-order valence-corrected chi connectivity index (χ2v) is 7.59. The first-order chi connectivity index (χ1) is 14.3. The van der Waals surface area contributed by atoms with Crippen LogP contribution >= 0.6 is 0 Å². The van der Waals surface area contributed by atoms with E-state index in [4.69, 9.17) is 4.99 Å². The molecule has 0 N–H and O–H groups in total. The molecular weight excluding hydrogens is 387 g/mol. The summed E-state index contributed by atoms with van der Waals surface area (Å²) in [6.45, 7) is 4.25. The van der Waals surface area contributed by atoms with E-state index in [0.717, 1.165) is 29.5 Å². The maximum absolute atomic E-state index is 12.3. The number of alkyl halides is 3. The number of hydrogen-bond donors (Lipinski definition) is 0. The van der Waals surface area contributed by atoms with Gasteiger partial charge in [-0.2, -0.15) is 0 Å². The largest absolute Gasteiger partial charge is 0.573 e. The summed E-state index contributed by atoms with van der Waals surface area (Å²) in [4.78, 5) is 4.99. The molecule has 2 nitrogen and oxygen atoms in total. The fourth-order valence-corrected chi connectivity index (χ4v) is 4.04. The maximum atomic E-state index is 12.3. The van der Waals surface area contributed by atoms with Gasteiger partial charge in [-0.15, -0.1) is 13.2 Å². The molecule has 3 aromatic carbocycles. The van der Waals surface area contributed by atoms with Crippen LogP contribution in [0, 0.1) is 13.8 Å². The zero-order valence-corrected chi connectivity index (χ0v) is 16.8. The van der Waals surface area contributed by atoms with Crippen molar-refractivity contribution in [1.29, 1.82) is 0 Å². The topological polar surface area (TPSA) is 21.6 Å². The van der Waals surface area contributed by atoms with Crippen molar-refractivity contribution in [1.82, 2.24) is 0 Å². The summed E-state index contributed by atoms with van der Waals surface area (Å²) >= 11 is 0. The maximum Gasteiger partial charge on any atom is 0.573 e. The van der Waals surface area contributed by atoms with E-state index in [1.165, 1.54) is 34.5 Å². The van der Waals surface area contributed by atoms with Gasteiger partial charge in [0.25, 0.3) is 0 Å². The van der Waals surface area contributed by atoms with Gasteiger partial charge in [0, 0.05) is 11.3 Å². The summed E-state index contributed by atoms with van der Waals surface area (Å²) in [5, 5.41) is 0. The first-order valence-electron chi connectivity index (χ1n) is 9.89. The van der Waals surface area contributed by atoms with Crippen LogP contribution in [0.25, 0.3) is 11.1 Å². The Bertz CT molecular complexity index is 1050. The van der Waals surface area contributed by atoms with Crippen LogP contribution in [0.15, 0.2) is 71.7 Å². The lowest BCUT2D eigenvalue weighted by Crippen LogP contribution is -2.16. The Labute approximate surface area is 174 Å². The van der Waals surface area contributed by atoms with Crippen molar-refractivity contribution in [2.24, 2.45) is 4.99 Å². The van der Waals surface area contributed by atoms with Crippen LogP contribution in [0.4, 0.5) is 13.2 Å². The molecule has 1 heterocycles. The summed E-state index contributed by atoms with van der Waals surface area (Å²) in [7, 11) is 0. The Kier molecular flexibility index (Phi) is 5.37. The summed E-state index contributed by atoms with van der Waals surface area (Å²) in [6.07, 6.45) is -2.74. The highest BCUT2D eigenvalue weighted by Gasteiger charge is 2.31. The number of benzene rings is 3. The fourth-order valence-electron chi connectivity index (χ4n) is 4.04. The van der Waals surface area contributed by atoms with E-state index in [9.17, 15) is 13.2 Å². The lowest BCUT2D eigenvalue weighted by molar-refractivity contribution is -0.274. The molecule has 0 bridgehead atoms. The van der Waals surface area contributed by atoms with Crippen molar-refractivity contribution in [2.45, 2.75) is 39.1 Å². The number of rotatable bonds is 4. The molecule has 1 aliphatic heterocycles. The molecule has 0 fully saturated rings. The van der Waals surface area contributed by atoms with Gasteiger partial charge in [0.15, 0.2) is 0 Å². The number of aryl methyl sites for hydroxylation is 2. The van der Waals surface area contributed by atoms with Gasteiger partial charge in [0.2, 0.25) is 0 Å². The van der Waals surface area contributed by atoms with Crippen molar-refractivity contribution < 1.29 is 17.9 Å². The van der Waals surface area contributed by atoms with Crippen LogP contribution in [-0.4, -0.2) is 12.1 Å². The number of ether oxygens (including phenoxy) is 1. The van der Waals surface area contributed by atoms with Crippen LogP contribution in [0.3, 0.4) is 0 Å². The number of nitrogens with zero attached hydrogens (tertiary/aromatic N) is 1. The van der Waals surface area contributed by atoms with E-state index in [-0.39, 0.29) is 11.8 Å². The third-order valence-electron chi connectivity index (χ3n) is 5.45. The Morgan fingerprint density at radius 1 is 0.833 bits per heavy atom. The number of halogens is 3. The molecule has 0 saturated carbocycles. The smallest absolute Gasteiger partial charge is 0.406 e. The molecule has 0 saturated heterocycles. The molecule has 1 unspecified atom stereocenters. The van der Waals surface area contributed by atoms with Crippen molar-refractivity contribution in [3.05, 3.63) is 89.0 Å². The SMILES string of the molecule is Cc1cccc(C)c1C1=NC(c2ccc(-c3ccc(OC(F)(F)F)cc3)cc2)CC1. The summed E-state index contributed by atoms with van der Waals surface area (Å²) in [5.74, 6) is -0.220. The van der Waals surface area contributed by atoms with E-state index in [1.54, 1.807) is 12.1 Å². The Morgan fingerprint density at radius 3 is 1.97 bits per heavy atom. The van der Waals surface area contributed by atoms with E-state index >= 15 is 0 Å². The van der Waals surface area contributed by atoms with Gasteiger partial charge >= 0.3 is 6.36 Å². The second kappa shape index (κ2) is 7.98. The molecule has 0 spiro atoms. The molecule has 5 heteroatoms. The van der Waals surface area contributed by atoms with E-state index in [2.05, 4.69) is 48.9 Å². The zero-order chi connectivity index (χ0) is 21.3. The molecule has 0 aromatic heterocycles. The van der Waals surface area contributed by atoms with Crippen molar-refractivity contribution in [3.8, 4) is 16.9 Å². The first kappa shape index (κ1) is 20.2. The van der Waals surface area contributed by atoms with E-state index in [1.807, 2.05) is 12.1 Å². The highest BCUT2D eigenvalue weighted by molar-refractivity contribution is 6.04. The zero-order valence-electron chi connectivity index (χ0n) is 16.8. The van der Waals surface area contributed by atoms with Crippen molar-refractivity contribution >= 4 is 5.71 Å². The molecule has 3 aromatic rings. The van der Waals surface area contributed by atoms with Gasteiger partial charge in [-0.3, -0.25) is 4.99 Å². The lowest BCUT2D eigenvalue weighted by Gasteiger charge is -2.11. The summed E-state index contributed by atoms with van der Waals surface area (Å²) in [5.41, 5.74) is 7.86. The Morgan fingerprint density at radius 2 is 1.40 bits per heavy atom. The monoisotopic (exact) mass is 409 g/mol. The van der Waals surface area contributed by atoms with Gasteiger partial charge in [-0.1, -0.05) is 54.6 Å². The summed E-state index contributed by atoms with van der Waals surface area (Å²) in [6, 6.07) is 20.4. The van der Waals surface area contributed by atoms with Gasteiger partial charge < -0.3 is 4.74 Å². The summed E-state index contributed by atoms with van der Waals surface area (Å²) < 4.78 is 40.8. The van der Waals surface area contributed by atoms with Crippen LogP contribution in [-0.2, 0) is 0 Å². The number of aliphatic imine (C=N–C) groups is 1. The minimum Gasteiger partial charge on any atom is -0.406 e. The van der Waals surface area contributed by atoms with Crippen LogP contribution in [0.1, 0.15) is 41.1 Å². The molecular formula is C25H22F3NO. The van der Waals surface area contributed by atoms with E-state index in [0.29, 0.717) is 0 Å². The first-order valence-corrected chi connectivity index (χ1v) is 9.89. The average molecular weight is 409 g/mol. The van der Waals surface area contributed by atoms with Crippen molar-refractivity contribution in [2.75, 3.05) is 0 Å². The Hall–Kier alpha value is -3.08. The molecule has 4 rings (SSSR count). The standard InChI is InChI=1S/C25H22F3NO/c1-16-4-3-5-17(2)24(16)23-15-14-22(29-23)20-8-6-18(7-9-20)19-10-12-21(13-11-19)30-25(26,27)28/h3-13,22H,14-15H2,1-2H3. The van der Waals surface area contributed by atoms with Gasteiger partial charge in [0.05, 0.1) is 6.04 Å². The van der Waals surface area contributed by atoms with Gasteiger partial charge in [-0.05, 0) is 66.6 Å². The predicted octanol–water partition coefficient (Wildman–Crippen LogP) is 7.19. The third-order valence-corrected chi connectivity index (χ3v) is 5.45. The van der Waals surface area contributed by atoms with Crippen LogP contribution in [0.2, 0.25) is 0 Å². The second-order valence-electron chi connectivity index (χ2n) is 7.59. The van der Waals surface area contributed by atoms with E-state index < -0.39 is 6.36 Å². The molecule has 0 amide bonds. The molecule has 154 valence electrons. The minimum absolute atomic E-state index is 0.135. The molecule has 1 atom stereocenters. The molecule has 0 radical (unpaired) electrons. The third kappa shape index (κ3) is 4.40. The lowest BCUT2D eigenvalue weighted by atomic mass is 9.96. The number of hydrogen-bond acceptors (Lipinski definition) is 2. The van der Waals surface area contributed by atoms with Gasteiger partial charge in [-0.25, -0.2) is 0 Å². The fraction of sp³-hybridized carbons (Fsp3) is 0.240.